The van der Waals surface area contributed by atoms with E-state index in [9.17, 15) is 53.9 Å². The standard InChI is InChI=1S/C57H61F9O8/c1-2-3-4-5-6-7-8-10-13-16-38-70-46-29-25-43(26-30-46)52(68)72-48-31-27-44(28-32-48)53(69)74-50-20-18-19-45(40-50)41-21-23-42(24-22-41)51(67)73-49-35-33-47(34-36-49)71-39-17-14-11-9-12-15-37-54(58,59)55(60,61)56(62,63)57(64,65)66/h18-36,40H,2-17,37-39H2,1H3. The van der Waals surface area contributed by atoms with Crippen molar-refractivity contribution < 1.29 is 77.6 Å². The molecule has 8 nitrogen and oxygen atoms in total. The van der Waals surface area contributed by atoms with Crippen molar-refractivity contribution in [2.75, 3.05) is 13.2 Å². The summed E-state index contributed by atoms with van der Waals surface area (Å²) in [6, 6.07) is 32.4. The topological polar surface area (TPSA) is 97.4 Å². The second kappa shape index (κ2) is 28.2. The molecule has 0 radical (unpaired) electrons. The second-order valence-corrected chi connectivity index (χ2v) is 17.9. The molecule has 5 aromatic rings. The monoisotopic (exact) mass is 1040 g/mol. The molecule has 0 saturated carbocycles. The van der Waals surface area contributed by atoms with Crippen LogP contribution in [0.15, 0.2) is 121 Å². The van der Waals surface area contributed by atoms with E-state index < -0.39 is 54.7 Å². The summed E-state index contributed by atoms with van der Waals surface area (Å²) >= 11 is 0. The third-order valence-corrected chi connectivity index (χ3v) is 12.1. The summed E-state index contributed by atoms with van der Waals surface area (Å²) in [6.07, 6.45) is 4.83. The third kappa shape index (κ3) is 17.6. The summed E-state index contributed by atoms with van der Waals surface area (Å²) in [5.74, 6) is -18.9. The molecule has 0 amide bonds. The fourth-order valence-electron chi connectivity index (χ4n) is 7.68. The average molecular weight is 1050 g/mol. The second-order valence-electron chi connectivity index (χ2n) is 17.9. The lowest BCUT2D eigenvalue weighted by atomic mass is 9.98. The molecule has 5 rings (SSSR count). The number of halogens is 9. The summed E-state index contributed by atoms with van der Waals surface area (Å²) in [5.41, 5.74) is 2.28. The molecule has 0 aliphatic heterocycles. The highest BCUT2D eigenvalue weighted by Crippen LogP contribution is 2.54. The average Bonchev–Trinajstić information content (AvgIpc) is 3.38. The summed E-state index contributed by atoms with van der Waals surface area (Å²) in [7, 11) is 0. The number of alkyl halides is 9. The van der Waals surface area contributed by atoms with Crippen LogP contribution in [0, 0.1) is 0 Å². The Balaban J connectivity index is 0.970. The Morgan fingerprint density at radius 2 is 0.743 bits per heavy atom. The summed E-state index contributed by atoms with van der Waals surface area (Å²) in [4.78, 5) is 38.8. The van der Waals surface area contributed by atoms with Crippen molar-refractivity contribution in [2.24, 2.45) is 0 Å². The maximum Gasteiger partial charge on any atom is 0.460 e. The molecule has 17 heteroatoms. The van der Waals surface area contributed by atoms with Gasteiger partial charge in [-0.05, 0) is 127 Å². The molecule has 5 aromatic carbocycles. The van der Waals surface area contributed by atoms with Gasteiger partial charge in [-0.2, -0.15) is 39.5 Å². The first kappa shape index (κ1) is 58.4. The van der Waals surface area contributed by atoms with Crippen molar-refractivity contribution in [1.29, 1.82) is 0 Å². The fraction of sp³-hybridized carbons (Fsp3) is 0.421. The molecule has 0 atom stereocenters. The highest BCUT2D eigenvalue weighted by Gasteiger charge is 2.81. The van der Waals surface area contributed by atoms with Crippen molar-refractivity contribution in [3.05, 3.63) is 138 Å². The molecule has 0 aliphatic carbocycles. The van der Waals surface area contributed by atoms with Crippen molar-refractivity contribution in [3.63, 3.8) is 0 Å². The fourth-order valence-corrected chi connectivity index (χ4v) is 7.68. The van der Waals surface area contributed by atoms with Crippen LogP contribution in [0.25, 0.3) is 11.1 Å². The maximum absolute atomic E-state index is 13.7. The van der Waals surface area contributed by atoms with E-state index in [-0.39, 0.29) is 47.8 Å². The predicted molar refractivity (Wildman–Crippen MR) is 262 cm³/mol. The lowest BCUT2D eigenvalue weighted by Crippen LogP contribution is -2.60. The number of rotatable bonds is 31. The van der Waals surface area contributed by atoms with Crippen LogP contribution < -0.4 is 23.7 Å². The van der Waals surface area contributed by atoms with Gasteiger partial charge in [-0.15, -0.1) is 0 Å². The number of carbonyl (C=O) groups excluding carboxylic acids is 3. The van der Waals surface area contributed by atoms with E-state index in [1.165, 1.54) is 87.8 Å². The van der Waals surface area contributed by atoms with Crippen LogP contribution in [-0.2, 0) is 0 Å². The molecule has 0 unspecified atom stereocenters. The van der Waals surface area contributed by atoms with Gasteiger partial charge < -0.3 is 23.7 Å². The van der Waals surface area contributed by atoms with Crippen LogP contribution in [0.4, 0.5) is 39.5 Å². The molecule has 400 valence electrons. The van der Waals surface area contributed by atoms with Crippen molar-refractivity contribution in [2.45, 2.75) is 140 Å². The van der Waals surface area contributed by atoms with Crippen LogP contribution in [0.3, 0.4) is 0 Å². The van der Waals surface area contributed by atoms with Crippen LogP contribution in [0.1, 0.15) is 147 Å². The van der Waals surface area contributed by atoms with Gasteiger partial charge in [0.1, 0.15) is 28.7 Å². The van der Waals surface area contributed by atoms with Crippen molar-refractivity contribution in [3.8, 4) is 39.9 Å². The lowest BCUT2D eigenvalue weighted by Gasteiger charge is -2.33. The molecule has 0 heterocycles. The van der Waals surface area contributed by atoms with E-state index in [4.69, 9.17) is 23.7 Å². The first-order chi connectivity index (χ1) is 35.3. The quantitative estimate of drug-likeness (QED) is 0.0187. The van der Waals surface area contributed by atoms with E-state index >= 15 is 0 Å². The van der Waals surface area contributed by atoms with Gasteiger partial charge >= 0.3 is 41.9 Å². The SMILES string of the molecule is CCCCCCCCCCCCOc1ccc(C(=O)Oc2ccc(C(=O)Oc3cccc(-c4ccc(C(=O)Oc5ccc(OCCCCCCCCC(F)(F)C(F)(F)C(F)(F)C(F)(F)F)cc5)cc4)c3)cc2)cc1. The smallest absolute Gasteiger partial charge is 0.460 e. The summed E-state index contributed by atoms with van der Waals surface area (Å²) < 4.78 is 145. The third-order valence-electron chi connectivity index (χ3n) is 12.1. The highest BCUT2D eigenvalue weighted by atomic mass is 19.4. The Bertz CT molecular complexity index is 2490. The largest absolute Gasteiger partial charge is 0.494 e. The van der Waals surface area contributed by atoms with Crippen LogP contribution in [-0.4, -0.2) is 55.1 Å². The molecule has 0 fully saturated rings. The number of unbranched alkanes of at least 4 members (excludes halogenated alkanes) is 14. The Hall–Kier alpha value is -6.52. The van der Waals surface area contributed by atoms with Gasteiger partial charge in [0.05, 0.1) is 29.9 Å². The Kier molecular flexibility index (Phi) is 22.3. The number of carbonyl (C=O) groups is 3. The van der Waals surface area contributed by atoms with E-state index in [0.29, 0.717) is 48.5 Å². The number of esters is 3. The lowest BCUT2D eigenvalue weighted by molar-refractivity contribution is -0.396. The van der Waals surface area contributed by atoms with E-state index in [0.717, 1.165) is 18.4 Å². The molecular formula is C57H61F9O8. The van der Waals surface area contributed by atoms with Crippen LogP contribution >= 0.6 is 0 Å². The number of hydrogen-bond acceptors (Lipinski definition) is 8. The predicted octanol–water partition coefficient (Wildman–Crippen LogP) is 16.9. The van der Waals surface area contributed by atoms with Gasteiger partial charge in [-0.25, -0.2) is 14.4 Å². The van der Waals surface area contributed by atoms with Gasteiger partial charge in [0.15, 0.2) is 0 Å². The van der Waals surface area contributed by atoms with Gasteiger partial charge in [0.25, 0.3) is 0 Å². The molecule has 74 heavy (non-hydrogen) atoms. The molecule has 0 N–H and O–H groups in total. The molecular weight excluding hydrogens is 984 g/mol. The zero-order valence-corrected chi connectivity index (χ0v) is 41.1. The van der Waals surface area contributed by atoms with Gasteiger partial charge in [0.2, 0.25) is 0 Å². The molecule has 0 spiro atoms. The first-order valence-corrected chi connectivity index (χ1v) is 24.9. The normalized spacial score (nSPS) is 12.0. The van der Waals surface area contributed by atoms with Crippen molar-refractivity contribution in [1.82, 2.24) is 0 Å². The molecule has 0 aromatic heterocycles. The summed E-state index contributed by atoms with van der Waals surface area (Å²) in [5, 5.41) is 0. The minimum atomic E-state index is -6.87. The van der Waals surface area contributed by atoms with Gasteiger partial charge in [-0.3, -0.25) is 0 Å². The van der Waals surface area contributed by atoms with E-state index in [2.05, 4.69) is 6.92 Å². The number of hydrogen-bond donors (Lipinski definition) is 0. The maximum atomic E-state index is 13.7. The minimum absolute atomic E-state index is 0.0726. The Labute approximate surface area is 425 Å². The van der Waals surface area contributed by atoms with Crippen LogP contribution in [0.5, 0.6) is 28.7 Å². The zero-order chi connectivity index (χ0) is 53.6. The molecule has 0 aliphatic rings. The highest BCUT2D eigenvalue weighted by molar-refractivity contribution is 5.93. The number of ether oxygens (including phenoxy) is 5. The van der Waals surface area contributed by atoms with Crippen LogP contribution in [0.2, 0.25) is 0 Å². The van der Waals surface area contributed by atoms with Gasteiger partial charge in [-0.1, -0.05) is 115 Å². The zero-order valence-electron chi connectivity index (χ0n) is 41.1. The minimum Gasteiger partial charge on any atom is -0.494 e. The van der Waals surface area contributed by atoms with E-state index in [1.54, 1.807) is 78.9 Å². The first-order valence-electron chi connectivity index (χ1n) is 24.9. The molecule has 0 saturated heterocycles. The van der Waals surface area contributed by atoms with E-state index in [1.807, 2.05) is 6.07 Å². The van der Waals surface area contributed by atoms with Gasteiger partial charge in [0, 0.05) is 6.42 Å². The Morgan fingerprint density at radius 3 is 1.19 bits per heavy atom. The number of benzene rings is 5. The Morgan fingerprint density at radius 1 is 0.378 bits per heavy atom. The summed E-state index contributed by atoms with van der Waals surface area (Å²) in [6.45, 7) is 3.09. The molecule has 0 bridgehead atoms. The van der Waals surface area contributed by atoms with Crippen molar-refractivity contribution >= 4 is 17.9 Å².